The third kappa shape index (κ3) is 3.06. The van der Waals surface area contributed by atoms with E-state index in [1.54, 1.807) is 0 Å². The molecule has 0 fully saturated rings. The summed E-state index contributed by atoms with van der Waals surface area (Å²) in [6.07, 6.45) is 1.02. The lowest BCUT2D eigenvalue weighted by Crippen LogP contribution is -2.04. The summed E-state index contributed by atoms with van der Waals surface area (Å²) in [4.78, 5) is 24.4. The van der Waals surface area contributed by atoms with Crippen LogP contribution in [0.25, 0.3) is 0 Å². The highest BCUT2D eigenvalue weighted by molar-refractivity contribution is 6.30. The van der Waals surface area contributed by atoms with Crippen molar-refractivity contribution in [3.05, 3.63) is 57.0 Å². The first-order chi connectivity index (χ1) is 9.90. The highest BCUT2D eigenvalue weighted by Gasteiger charge is 2.21. The predicted molar refractivity (Wildman–Crippen MR) is 69.3 cm³/mol. The second-order valence-corrected chi connectivity index (χ2v) is 4.19. The Hall–Kier alpha value is -2.74. The maximum atomic E-state index is 13.9. The van der Waals surface area contributed by atoms with Gasteiger partial charge < -0.3 is 9.84 Å². The molecule has 0 radical (unpaired) electrons. The number of nitro groups is 1. The minimum absolute atomic E-state index is 0.0989. The lowest BCUT2D eigenvalue weighted by atomic mass is 10.2. The van der Waals surface area contributed by atoms with Crippen molar-refractivity contribution >= 4 is 23.3 Å². The number of carbonyl (C=O) groups is 1. The molecule has 0 unspecified atom stereocenters. The summed E-state index contributed by atoms with van der Waals surface area (Å²) in [5.74, 6) is -3.72. The average Bonchev–Trinajstić information content (AvgIpc) is 2.42. The van der Waals surface area contributed by atoms with E-state index in [0.29, 0.717) is 0 Å². The van der Waals surface area contributed by atoms with E-state index in [-0.39, 0.29) is 10.8 Å². The smallest absolute Gasteiger partial charge is 0.338 e. The number of rotatable bonds is 4. The SMILES string of the molecule is O=C(O)c1ccnc(Oc2ccc(Cl)cc2[N+](=O)[O-])c1F. The van der Waals surface area contributed by atoms with E-state index in [9.17, 15) is 19.3 Å². The molecule has 21 heavy (non-hydrogen) atoms. The van der Waals surface area contributed by atoms with Gasteiger partial charge in [-0.3, -0.25) is 10.1 Å². The zero-order chi connectivity index (χ0) is 15.6. The Kier molecular flexibility index (Phi) is 3.99. The van der Waals surface area contributed by atoms with Crippen LogP contribution in [0.15, 0.2) is 30.5 Å². The zero-order valence-electron chi connectivity index (χ0n) is 10.1. The summed E-state index contributed by atoms with van der Waals surface area (Å²) in [5.41, 5.74) is -1.15. The summed E-state index contributed by atoms with van der Waals surface area (Å²) in [7, 11) is 0. The van der Waals surface area contributed by atoms with Crippen LogP contribution >= 0.6 is 11.6 Å². The van der Waals surface area contributed by atoms with Crippen LogP contribution in [0.1, 0.15) is 10.4 Å². The quantitative estimate of drug-likeness (QED) is 0.686. The van der Waals surface area contributed by atoms with Gasteiger partial charge in [-0.05, 0) is 18.2 Å². The molecule has 1 heterocycles. The molecule has 7 nitrogen and oxygen atoms in total. The number of nitrogens with zero attached hydrogens (tertiary/aromatic N) is 2. The van der Waals surface area contributed by atoms with E-state index in [2.05, 4.69) is 4.98 Å². The van der Waals surface area contributed by atoms with Gasteiger partial charge in [0.05, 0.1) is 4.92 Å². The van der Waals surface area contributed by atoms with Crippen molar-refractivity contribution in [3.63, 3.8) is 0 Å². The van der Waals surface area contributed by atoms with Crippen LogP contribution in [-0.4, -0.2) is 21.0 Å². The number of ether oxygens (including phenoxy) is 1. The van der Waals surface area contributed by atoms with Gasteiger partial charge in [0, 0.05) is 17.3 Å². The Labute approximate surface area is 121 Å². The number of aromatic carboxylic acids is 1. The van der Waals surface area contributed by atoms with Crippen LogP contribution in [0.4, 0.5) is 10.1 Å². The van der Waals surface area contributed by atoms with Crippen molar-refractivity contribution in [2.45, 2.75) is 0 Å². The number of nitro benzene ring substituents is 1. The highest BCUT2D eigenvalue weighted by atomic mass is 35.5. The second-order valence-electron chi connectivity index (χ2n) is 3.75. The zero-order valence-corrected chi connectivity index (χ0v) is 10.9. The molecule has 0 aliphatic heterocycles. The van der Waals surface area contributed by atoms with Crippen LogP contribution in [0.2, 0.25) is 5.02 Å². The van der Waals surface area contributed by atoms with Gasteiger partial charge in [0.1, 0.15) is 5.56 Å². The van der Waals surface area contributed by atoms with Crippen molar-refractivity contribution in [1.82, 2.24) is 4.98 Å². The van der Waals surface area contributed by atoms with E-state index in [1.165, 1.54) is 6.07 Å². The van der Waals surface area contributed by atoms with Crippen LogP contribution in [0.3, 0.4) is 0 Å². The Balaban J connectivity index is 2.46. The average molecular weight is 313 g/mol. The van der Waals surface area contributed by atoms with E-state index in [1.807, 2.05) is 0 Å². The van der Waals surface area contributed by atoms with Crippen molar-refractivity contribution in [3.8, 4) is 11.6 Å². The van der Waals surface area contributed by atoms with E-state index >= 15 is 0 Å². The molecule has 0 spiro atoms. The summed E-state index contributed by atoms with van der Waals surface area (Å²) in [6.45, 7) is 0. The maximum absolute atomic E-state index is 13.9. The Bertz CT molecular complexity index is 738. The molecule has 1 aromatic heterocycles. The van der Waals surface area contributed by atoms with E-state index in [4.69, 9.17) is 21.4 Å². The minimum atomic E-state index is -1.51. The predicted octanol–water partition coefficient (Wildman–Crippen LogP) is 3.27. The number of halogens is 2. The van der Waals surface area contributed by atoms with E-state index < -0.39 is 33.8 Å². The van der Waals surface area contributed by atoms with Crippen molar-refractivity contribution in [1.29, 1.82) is 0 Å². The lowest BCUT2D eigenvalue weighted by molar-refractivity contribution is -0.385. The third-order valence-corrected chi connectivity index (χ3v) is 2.65. The second kappa shape index (κ2) is 5.71. The Morgan fingerprint density at radius 2 is 2.14 bits per heavy atom. The lowest BCUT2D eigenvalue weighted by Gasteiger charge is -2.07. The molecule has 1 N–H and O–H groups in total. The van der Waals surface area contributed by atoms with Crippen LogP contribution in [-0.2, 0) is 0 Å². The number of hydrogen-bond acceptors (Lipinski definition) is 5. The van der Waals surface area contributed by atoms with Gasteiger partial charge in [-0.15, -0.1) is 0 Å². The topological polar surface area (TPSA) is 103 Å². The highest BCUT2D eigenvalue weighted by Crippen LogP contribution is 2.34. The van der Waals surface area contributed by atoms with Gasteiger partial charge in [-0.25, -0.2) is 14.2 Å². The first kappa shape index (κ1) is 14.7. The molecule has 0 bridgehead atoms. The van der Waals surface area contributed by atoms with Crippen molar-refractivity contribution in [2.75, 3.05) is 0 Å². The molecule has 9 heteroatoms. The molecule has 0 saturated carbocycles. The molecule has 1 aromatic carbocycles. The first-order valence-electron chi connectivity index (χ1n) is 5.39. The largest absolute Gasteiger partial charge is 0.478 e. The Morgan fingerprint density at radius 1 is 1.43 bits per heavy atom. The van der Waals surface area contributed by atoms with Gasteiger partial charge >= 0.3 is 11.7 Å². The molecular formula is C12H6ClFN2O5. The van der Waals surface area contributed by atoms with Crippen LogP contribution in [0.5, 0.6) is 11.6 Å². The molecule has 108 valence electrons. The van der Waals surface area contributed by atoms with Gasteiger partial charge in [0.2, 0.25) is 5.75 Å². The monoisotopic (exact) mass is 312 g/mol. The molecule has 0 saturated heterocycles. The summed E-state index contributed by atoms with van der Waals surface area (Å²) in [6, 6.07) is 4.44. The Morgan fingerprint density at radius 3 is 2.76 bits per heavy atom. The van der Waals surface area contributed by atoms with Crippen molar-refractivity contribution < 1.29 is 24.0 Å². The fourth-order valence-electron chi connectivity index (χ4n) is 1.48. The minimum Gasteiger partial charge on any atom is -0.478 e. The van der Waals surface area contributed by atoms with E-state index in [0.717, 1.165) is 24.4 Å². The number of carboxylic acids is 1. The number of hydrogen-bond donors (Lipinski definition) is 1. The number of pyridine rings is 1. The maximum Gasteiger partial charge on any atom is 0.338 e. The van der Waals surface area contributed by atoms with Crippen LogP contribution < -0.4 is 4.74 Å². The summed E-state index contributed by atoms with van der Waals surface area (Å²) in [5, 5.41) is 19.8. The van der Waals surface area contributed by atoms with Crippen molar-refractivity contribution in [2.24, 2.45) is 0 Å². The molecule has 2 rings (SSSR count). The van der Waals surface area contributed by atoms with Gasteiger partial charge in [-0.1, -0.05) is 11.6 Å². The molecule has 0 atom stereocenters. The van der Waals surface area contributed by atoms with Gasteiger partial charge in [0.15, 0.2) is 5.82 Å². The number of carboxylic acid groups (broad SMARTS) is 1. The molecular weight excluding hydrogens is 307 g/mol. The molecule has 0 aliphatic carbocycles. The number of benzene rings is 1. The fourth-order valence-corrected chi connectivity index (χ4v) is 1.65. The van der Waals surface area contributed by atoms with Crippen LogP contribution in [0, 0.1) is 15.9 Å². The third-order valence-electron chi connectivity index (χ3n) is 2.41. The molecule has 0 amide bonds. The van der Waals surface area contributed by atoms with Gasteiger partial charge in [0.25, 0.3) is 5.88 Å². The summed E-state index contributed by atoms with van der Waals surface area (Å²) >= 11 is 5.63. The number of aromatic nitrogens is 1. The molecule has 2 aromatic rings. The summed E-state index contributed by atoms with van der Waals surface area (Å²) < 4.78 is 18.9. The first-order valence-corrected chi connectivity index (χ1v) is 5.77. The molecule has 0 aliphatic rings. The standard InChI is InChI=1S/C12H6ClFN2O5/c13-6-1-2-9(8(5-6)16(19)20)21-11-10(14)7(12(17)18)3-4-15-11/h1-5H,(H,17,18). The fraction of sp³-hybridized carbons (Fsp3) is 0. The normalized spacial score (nSPS) is 10.2. The van der Waals surface area contributed by atoms with Gasteiger partial charge in [-0.2, -0.15) is 0 Å².